The van der Waals surface area contributed by atoms with Gasteiger partial charge in [0, 0.05) is 26.7 Å². The number of anilines is 1. The summed E-state index contributed by atoms with van der Waals surface area (Å²) < 4.78 is 1.97. The summed E-state index contributed by atoms with van der Waals surface area (Å²) in [7, 11) is 1.96. The van der Waals surface area contributed by atoms with E-state index >= 15 is 0 Å². The lowest BCUT2D eigenvalue weighted by Crippen LogP contribution is -2.30. The minimum absolute atomic E-state index is 0.111. The van der Waals surface area contributed by atoms with Gasteiger partial charge in [0.25, 0.3) is 0 Å². The van der Waals surface area contributed by atoms with Crippen LogP contribution >= 0.6 is 0 Å². The molecule has 0 aliphatic heterocycles. The zero-order valence-corrected chi connectivity index (χ0v) is 9.16. The Balaban J connectivity index is 2.78. The number of hydrogen-bond acceptors (Lipinski definition) is 1. The maximum Gasteiger partial charge on any atom is 0.224 e. The van der Waals surface area contributed by atoms with Crippen LogP contribution in [0.1, 0.15) is 26.7 Å². The van der Waals surface area contributed by atoms with E-state index in [0.717, 1.165) is 25.2 Å². The molecular formula is C11H18N2O. The van der Waals surface area contributed by atoms with Crippen molar-refractivity contribution in [1.82, 2.24) is 4.57 Å². The summed E-state index contributed by atoms with van der Waals surface area (Å²) >= 11 is 0. The highest BCUT2D eigenvalue weighted by Crippen LogP contribution is 2.14. The van der Waals surface area contributed by atoms with Crippen molar-refractivity contribution in [1.29, 1.82) is 0 Å². The van der Waals surface area contributed by atoms with Crippen molar-refractivity contribution in [2.24, 2.45) is 7.05 Å². The first-order valence-corrected chi connectivity index (χ1v) is 5.06. The third-order valence-electron chi connectivity index (χ3n) is 2.31. The molecule has 0 saturated heterocycles. The van der Waals surface area contributed by atoms with Crippen LogP contribution in [0.4, 0.5) is 5.82 Å². The molecule has 3 nitrogen and oxygen atoms in total. The van der Waals surface area contributed by atoms with Gasteiger partial charge in [-0.3, -0.25) is 9.69 Å². The Bertz CT molecular complexity index is 304. The van der Waals surface area contributed by atoms with Crippen LogP contribution in [-0.4, -0.2) is 17.0 Å². The molecule has 0 fully saturated rings. The Hall–Kier alpha value is -1.25. The number of unbranched alkanes of at least 4 members (excludes halogenated alkanes) is 1. The van der Waals surface area contributed by atoms with Crippen molar-refractivity contribution in [3.05, 3.63) is 18.3 Å². The van der Waals surface area contributed by atoms with Crippen molar-refractivity contribution in [3.8, 4) is 0 Å². The average molecular weight is 194 g/mol. The van der Waals surface area contributed by atoms with E-state index in [2.05, 4.69) is 6.92 Å². The van der Waals surface area contributed by atoms with Crippen LogP contribution in [0.2, 0.25) is 0 Å². The van der Waals surface area contributed by atoms with Crippen molar-refractivity contribution in [3.63, 3.8) is 0 Å². The number of nitrogens with zero attached hydrogens (tertiary/aromatic N) is 2. The van der Waals surface area contributed by atoms with Gasteiger partial charge in [-0.1, -0.05) is 13.3 Å². The third-order valence-corrected chi connectivity index (χ3v) is 2.31. The molecule has 0 aromatic carbocycles. The molecule has 1 amide bonds. The molecule has 0 aliphatic carbocycles. The van der Waals surface area contributed by atoms with Crippen molar-refractivity contribution >= 4 is 11.7 Å². The molecule has 0 atom stereocenters. The summed E-state index contributed by atoms with van der Waals surface area (Å²) in [6.07, 6.45) is 4.11. The number of carbonyl (C=O) groups is 1. The molecule has 0 bridgehead atoms. The Kier molecular flexibility index (Phi) is 3.74. The summed E-state index contributed by atoms with van der Waals surface area (Å²) in [5, 5.41) is 0. The highest BCUT2D eigenvalue weighted by Gasteiger charge is 2.12. The lowest BCUT2D eigenvalue weighted by atomic mass is 10.3. The monoisotopic (exact) mass is 194 g/mol. The maximum atomic E-state index is 11.4. The second-order valence-corrected chi connectivity index (χ2v) is 3.50. The predicted molar refractivity (Wildman–Crippen MR) is 58.3 cm³/mol. The van der Waals surface area contributed by atoms with Gasteiger partial charge in [-0.05, 0) is 18.6 Å². The van der Waals surface area contributed by atoms with E-state index in [0.29, 0.717) is 0 Å². The fourth-order valence-electron chi connectivity index (χ4n) is 1.48. The van der Waals surface area contributed by atoms with Gasteiger partial charge in [-0.25, -0.2) is 0 Å². The molecule has 0 N–H and O–H groups in total. The Morgan fingerprint density at radius 2 is 2.29 bits per heavy atom. The largest absolute Gasteiger partial charge is 0.337 e. The first kappa shape index (κ1) is 10.8. The first-order chi connectivity index (χ1) is 6.66. The van der Waals surface area contributed by atoms with Gasteiger partial charge < -0.3 is 4.57 Å². The van der Waals surface area contributed by atoms with Gasteiger partial charge in [-0.15, -0.1) is 0 Å². The minimum Gasteiger partial charge on any atom is -0.337 e. The normalized spacial score (nSPS) is 10.2. The zero-order valence-electron chi connectivity index (χ0n) is 9.16. The Morgan fingerprint density at radius 1 is 1.57 bits per heavy atom. The molecule has 3 heteroatoms. The highest BCUT2D eigenvalue weighted by atomic mass is 16.2. The fraction of sp³-hybridized carbons (Fsp3) is 0.545. The summed E-state index contributed by atoms with van der Waals surface area (Å²) in [6.45, 7) is 4.55. The highest BCUT2D eigenvalue weighted by molar-refractivity contribution is 5.90. The van der Waals surface area contributed by atoms with E-state index in [-0.39, 0.29) is 5.91 Å². The van der Waals surface area contributed by atoms with Crippen LogP contribution in [-0.2, 0) is 11.8 Å². The lowest BCUT2D eigenvalue weighted by Gasteiger charge is -2.21. The smallest absolute Gasteiger partial charge is 0.224 e. The minimum atomic E-state index is 0.111. The molecule has 78 valence electrons. The van der Waals surface area contributed by atoms with Gasteiger partial charge in [0.2, 0.25) is 5.91 Å². The second kappa shape index (κ2) is 4.84. The van der Waals surface area contributed by atoms with E-state index in [1.54, 1.807) is 6.92 Å². The second-order valence-electron chi connectivity index (χ2n) is 3.50. The molecule has 14 heavy (non-hydrogen) atoms. The summed E-state index contributed by atoms with van der Waals surface area (Å²) in [4.78, 5) is 13.2. The number of rotatable bonds is 4. The molecule has 1 rings (SSSR count). The SMILES string of the molecule is CCCCN(C(C)=O)c1cccn1C. The van der Waals surface area contributed by atoms with Crippen LogP contribution in [0.5, 0.6) is 0 Å². The van der Waals surface area contributed by atoms with Crippen molar-refractivity contribution < 1.29 is 4.79 Å². The Labute approximate surface area is 85.3 Å². The molecule has 0 unspecified atom stereocenters. The van der Waals surface area contributed by atoms with Crippen LogP contribution < -0.4 is 4.90 Å². The summed E-state index contributed by atoms with van der Waals surface area (Å²) in [5.41, 5.74) is 0. The molecule has 1 aromatic rings. The van der Waals surface area contributed by atoms with E-state index in [9.17, 15) is 4.79 Å². The van der Waals surface area contributed by atoms with E-state index in [1.165, 1.54) is 0 Å². The fourth-order valence-corrected chi connectivity index (χ4v) is 1.48. The molecule has 0 saturated carbocycles. The number of aromatic nitrogens is 1. The quantitative estimate of drug-likeness (QED) is 0.721. The predicted octanol–water partition coefficient (Wildman–Crippen LogP) is 2.18. The Morgan fingerprint density at radius 3 is 2.71 bits per heavy atom. The van der Waals surface area contributed by atoms with Gasteiger partial charge in [0.05, 0.1) is 0 Å². The molecule has 1 heterocycles. The molecule has 0 aliphatic rings. The van der Waals surface area contributed by atoms with Gasteiger partial charge >= 0.3 is 0 Å². The average Bonchev–Trinajstić information content (AvgIpc) is 2.52. The zero-order chi connectivity index (χ0) is 10.6. The first-order valence-electron chi connectivity index (χ1n) is 5.06. The number of amides is 1. The summed E-state index contributed by atoms with van der Waals surface area (Å²) in [6, 6.07) is 3.92. The molecule has 1 aromatic heterocycles. The third kappa shape index (κ3) is 2.37. The van der Waals surface area contributed by atoms with Crippen molar-refractivity contribution in [2.45, 2.75) is 26.7 Å². The van der Waals surface area contributed by atoms with Crippen LogP contribution in [0, 0.1) is 0 Å². The number of hydrogen-bond donors (Lipinski definition) is 0. The van der Waals surface area contributed by atoms with Gasteiger partial charge in [0.1, 0.15) is 5.82 Å². The van der Waals surface area contributed by atoms with Crippen molar-refractivity contribution in [2.75, 3.05) is 11.4 Å². The van der Waals surface area contributed by atoms with Gasteiger partial charge in [0.15, 0.2) is 0 Å². The number of carbonyl (C=O) groups excluding carboxylic acids is 1. The lowest BCUT2D eigenvalue weighted by molar-refractivity contribution is -0.116. The molecular weight excluding hydrogens is 176 g/mol. The van der Waals surface area contributed by atoms with E-state index in [4.69, 9.17) is 0 Å². The summed E-state index contributed by atoms with van der Waals surface area (Å²) in [5.74, 6) is 1.09. The van der Waals surface area contributed by atoms with E-state index in [1.807, 2.05) is 34.8 Å². The maximum absolute atomic E-state index is 11.4. The molecule has 0 spiro atoms. The topological polar surface area (TPSA) is 25.2 Å². The van der Waals surface area contributed by atoms with E-state index < -0.39 is 0 Å². The van der Waals surface area contributed by atoms with Crippen LogP contribution in [0.3, 0.4) is 0 Å². The standard InChI is InChI=1S/C11H18N2O/c1-4-5-9-13(10(2)14)11-7-6-8-12(11)3/h6-8H,4-5,9H2,1-3H3. The van der Waals surface area contributed by atoms with Crippen LogP contribution in [0.15, 0.2) is 18.3 Å². The number of aryl methyl sites for hydroxylation is 1. The van der Waals surface area contributed by atoms with Crippen LogP contribution in [0.25, 0.3) is 0 Å². The molecule has 0 radical (unpaired) electrons. The van der Waals surface area contributed by atoms with Gasteiger partial charge in [-0.2, -0.15) is 0 Å².